The van der Waals surface area contributed by atoms with E-state index in [0.717, 1.165) is 37.0 Å². The summed E-state index contributed by atoms with van der Waals surface area (Å²) in [5.74, 6) is 0.0348. The van der Waals surface area contributed by atoms with Gasteiger partial charge in [0.1, 0.15) is 17.1 Å². The highest BCUT2D eigenvalue weighted by Crippen LogP contribution is 2.38. The van der Waals surface area contributed by atoms with E-state index >= 15 is 0 Å². The number of alkyl halides is 3. The molecule has 228 valence electrons. The summed E-state index contributed by atoms with van der Waals surface area (Å²) in [5, 5.41) is 13.2. The minimum absolute atomic E-state index is 0.00349. The number of benzene rings is 2. The van der Waals surface area contributed by atoms with Crippen molar-refractivity contribution in [2.24, 2.45) is 5.92 Å². The number of ether oxygens (including phenoxy) is 2. The molecule has 0 saturated heterocycles. The molecule has 1 saturated carbocycles. The van der Waals surface area contributed by atoms with Gasteiger partial charge in [-0.05, 0) is 67.0 Å². The van der Waals surface area contributed by atoms with Crippen molar-refractivity contribution in [3.05, 3.63) is 65.0 Å². The van der Waals surface area contributed by atoms with Gasteiger partial charge < -0.3 is 24.5 Å². The van der Waals surface area contributed by atoms with Crippen LogP contribution in [-0.4, -0.2) is 50.5 Å². The van der Waals surface area contributed by atoms with Crippen molar-refractivity contribution in [2.45, 2.75) is 64.7 Å². The summed E-state index contributed by atoms with van der Waals surface area (Å²) in [6.07, 6.45) is -1.24. The lowest BCUT2D eigenvalue weighted by Gasteiger charge is -2.32. The maximum Gasteiger partial charge on any atom is 0.416 e. The van der Waals surface area contributed by atoms with Crippen LogP contribution < -0.4 is 10.1 Å². The first kappa shape index (κ1) is 30.3. The summed E-state index contributed by atoms with van der Waals surface area (Å²) in [5.41, 5.74) is 2.01. The number of aromatic nitrogens is 4. The molecule has 0 radical (unpaired) electrons. The number of nitrogens with zero attached hydrogens (tertiary/aromatic N) is 4. The Balaban J connectivity index is 1.74. The smallest absolute Gasteiger partial charge is 0.416 e. The van der Waals surface area contributed by atoms with Gasteiger partial charge in [0.2, 0.25) is 5.82 Å². The van der Waals surface area contributed by atoms with Crippen molar-refractivity contribution in [1.82, 2.24) is 19.5 Å². The molecule has 1 fully saturated rings. The predicted molar refractivity (Wildman–Crippen MR) is 155 cm³/mol. The first-order valence-corrected chi connectivity index (χ1v) is 14.2. The number of imidazole rings is 1. The minimum Gasteiger partial charge on any atom is -0.475 e. The molecule has 2 aromatic heterocycles. The van der Waals surface area contributed by atoms with Crippen molar-refractivity contribution in [1.29, 1.82) is 0 Å². The quantitative estimate of drug-likeness (QED) is 0.179. The molecule has 1 atom stereocenters. The Bertz CT molecular complexity index is 1610. The molecule has 2 N–H and O–H groups in total. The number of carboxylic acid groups (broad SMARTS) is 1. The van der Waals surface area contributed by atoms with Gasteiger partial charge in [-0.3, -0.25) is 0 Å². The molecule has 0 unspecified atom stereocenters. The van der Waals surface area contributed by atoms with E-state index in [-0.39, 0.29) is 30.9 Å². The molecule has 5 rings (SSSR count). The molecule has 0 aliphatic heterocycles. The van der Waals surface area contributed by atoms with Crippen LogP contribution in [0.1, 0.15) is 73.3 Å². The molecule has 0 bridgehead atoms. The third-order valence-electron chi connectivity index (χ3n) is 7.88. The van der Waals surface area contributed by atoms with Crippen LogP contribution in [0.25, 0.3) is 22.6 Å². The molecule has 4 aromatic rings. The number of halogens is 3. The summed E-state index contributed by atoms with van der Waals surface area (Å²) in [4.78, 5) is 25.5. The second-order valence-corrected chi connectivity index (χ2v) is 11.2. The second kappa shape index (κ2) is 12.2. The number of anilines is 1. The average molecular weight is 598 g/mol. The maximum absolute atomic E-state index is 13.3. The van der Waals surface area contributed by atoms with Gasteiger partial charge in [0.05, 0.1) is 11.1 Å². The van der Waals surface area contributed by atoms with Gasteiger partial charge in [-0.1, -0.05) is 38.5 Å². The monoisotopic (exact) mass is 597 g/mol. The van der Waals surface area contributed by atoms with Crippen LogP contribution in [0.4, 0.5) is 19.0 Å². The third kappa shape index (κ3) is 6.43. The standard InChI is InChI=1S/C31H34F3N5O4/c1-17(2)21-10-13-24(43-16-42-4)23(14-21)29-38-27-25(39(29)15-19-8-11-22(12-9-19)31(32,33)34)26(36-28(37-27)30(40)41)35-18(3)20-6-5-7-20/h8-14,17-18,20H,5-7,15-16H2,1-4H3,(H,40,41)(H,35,36,37)/t18-/m1/s1. The molecular weight excluding hydrogens is 563 g/mol. The molecule has 1 aliphatic carbocycles. The van der Waals surface area contributed by atoms with E-state index in [4.69, 9.17) is 14.5 Å². The van der Waals surface area contributed by atoms with Crippen molar-refractivity contribution in [2.75, 3.05) is 19.2 Å². The minimum atomic E-state index is -4.47. The Hall–Kier alpha value is -4.19. The van der Waals surface area contributed by atoms with Crippen molar-refractivity contribution in [3.63, 3.8) is 0 Å². The number of methoxy groups -OCH3 is 1. The Morgan fingerprint density at radius 1 is 1.09 bits per heavy atom. The fraction of sp³-hybridized carbons (Fsp3) is 0.419. The van der Waals surface area contributed by atoms with Gasteiger partial charge in [0, 0.05) is 19.7 Å². The van der Waals surface area contributed by atoms with E-state index in [2.05, 4.69) is 29.1 Å². The number of hydrogen-bond donors (Lipinski definition) is 2. The Morgan fingerprint density at radius 2 is 1.81 bits per heavy atom. The Labute approximate surface area is 247 Å². The lowest BCUT2D eigenvalue weighted by molar-refractivity contribution is -0.137. The van der Waals surface area contributed by atoms with Gasteiger partial charge in [-0.2, -0.15) is 13.2 Å². The van der Waals surface area contributed by atoms with Crippen LogP contribution in [0, 0.1) is 5.92 Å². The SMILES string of the molecule is COCOc1ccc(C(C)C)cc1-c1nc2nc(C(=O)O)nc(N[C@H](C)C3CCC3)c2n1Cc1ccc(C(F)(F)F)cc1. The van der Waals surface area contributed by atoms with E-state index in [0.29, 0.717) is 40.0 Å². The van der Waals surface area contributed by atoms with E-state index in [1.54, 1.807) is 4.57 Å². The lowest BCUT2D eigenvalue weighted by atomic mass is 9.80. The number of rotatable bonds is 11. The summed E-state index contributed by atoms with van der Waals surface area (Å²) in [6, 6.07) is 10.6. The topological polar surface area (TPSA) is 111 Å². The number of carbonyl (C=O) groups is 1. The zero-order valence-corrected chi connectivity index (χ0v) is 24.4. The third-order valence-corrected chi connectivity index (χ3v) is 7.88. The van der Waals surface area contributed by atoms with Crippen LogP contribution in [0.3, 0.4) is 0 Å². The maximum atomic E-state index is 13.3. The molecule has 9 nitrogen and oxygen atoms in total. The summed E-state index contributed by atoms with van der Waals surface area (Å²) in [6.45, 7) is 6.21. The number of aromatic carboxylic acids is 1. The molecular formula is C31H34F3N5O4. The van der Waals surface area contributed by atoms with Crippen molar-refractivity contribution >= 4 is 23.0 Å². The summed E-state index contributed by atoms with van der Waals surface area (Å²) < 4.78 is 52.8. The predicted octanol–water partition coefficient (Wildman–Crippen LogP) is 6.97. The lowest BCUT2D eigenvalue weighted by Crippen LogP contribution is -2.31. The van der Waals surface area contributed by atoms with Crippen LogP contribution in [-0.2, 0) is 17.5 Å². The Morgan fingerprint density at radius 3 is 2.40 bits per heavy atom. The van der Waals surface area contributed by atoms with E-state index in [1.165, 1.54) is 19.2 Å². The zero-order chi connectivity index (χ0) is 30.9. The number of nitrogens with one attached hydrogen (secondary N) is 1. The fourth-order valence-corrected chi connectivity index (χ4v) is 5.18. The van der Waals surface area contributed by atoms with Crippen LogP contribution in [0.5, 0.6) is 5.75 Å². The highest BCUT2D eigenvalue weighted by molar-refractivity contribution is 5.92. The number of hydrogen-bond acceptors (Lipinski definition) is 7. The van der Waals surface area contributed by atoms with Crippen LogP contribution in [0.2, 0.25) is 0 Å². The molecule has 2 aromatic carbocycles. The summed E-state index contributed by atoms with van der Waals surface area (Å²) >= 11 is 0. The second-order valence-electron chi connectivity index (χ2n) is 11.2. The first-order chi connectivity index (χ1) is 20.5. The zero-order valence-electron chi connectivity index (χ0n) is 24.4. The average Bonchev–Trinajstić information content (AvgIpc) is 3.28. The molecule has 0 spiro atoms. The van der Waals surface area contributed by atoms with Gasteiger partial charge in [-0.15, -0.1) is 0 Å². The number of carboxylic acids is 1. The highest BCUT2D eigenvalue weighted by Gasteiger charge is 2.31. The normalized spacial score (nSPS) is 14.6. The van der Waals surface area contributed by atoms with Crippen LogP contribution in [0.15, 0.2) is 42.5 Å². The first-order valence-electron chi connectivity index (χ1n) is 14.2. The van der Waals surface area contributed by atoms with Gasteiger partial charge in [-0.25, -0.2) is 19.7 Å². The fourth-order valence-electron chi connectivity index (χ4n) is 5.18. The van der Waals surface area contributed by atoms with Gasteiger partial charge in [0.25, 0.3) is 0 Å². The van der Waals surface area contributed by atoms with Gasteiger partial charge in [0.15, 0.2) is 18.3 Å². The number of fused-ring (bicyclic) bond motifs is 1. The molecule has 43 heavy (non-hydrogen) atoms. The molecule has 2 heterocycles. The van der Waals surface area contributed by atoms with Gasteiger partial charge >= 0.3 is 12.1 Å². The molecule has 1 aliphatic rings. The van der Waals surface area contributed by atoms with E-state index < -0.39 is 23.5 Å². The summed E-state index contributed by atoms with van der Waals surface area (Å²) in [7, 11) is 1.51. The molecule has 0 amide bonds. The van der Waals surface area contributed by atoms with Crippen molar-refractivity contribution in [3.8, 4) is 17.1 Å². The Kier molecular flexibility index (Phi) is 8.59. The highest BCUT2D eigenvalue weighted by atomic mass is 19.4. The largest absolute Gasteiger partial charge is 0.475 e. The van der Waals surface area contributed by atoms with E-state index in [9.17, 15) is 23.1 Å². The van der Waals surface area contributed by atoms with E-state index in [1.807, 2.05) is 25.1 Å². The molecule has 12 heteroatoms. The van der Waals surface area contributed by atoms with Crippen LogP contribution >= 0.6 is 0 Å². The van der Waals surface area contributed by atoms with Crippen molar-refractivity contribution < 1.29 is 32.5 Å².